The average Bonchev–Trinajstić information content (AvgIpc) is 2.42. The van der Waals surface area contributed by atoms with E-state index in [9.17, 15) is 0 Å². The van der Waals surface area contributed by atoms with Crippen LogP contribution >= 0.6 is 34.2 Å². The zero-order chi connectivity index (χ0) is 13.7. The molecule has 0 fully saturated rings. The molecule has 0 radical (unpaired) electrons. The second-order valence-electron chi connectivity index (χ2n) is 4.52. The standard InChI is InChI=1S/C16H17ClIN/c1-2-6-15(12-7-4-3-5-8-12)19-16-10-9-13(17)11-14(16)18/h3-5,7-11,15,19H,2,6H2,1H3. The molecule has 0 amide bonds. The zero-order valence-corrected chi connectivity index (χ0v) is 13.8. The van der Waals surface area contributed by atoms with Gasteiger partial charge in [-0.3, -0.25) is 0 Å². The highest BCUT2D eigenvalue weighted by Crippen LogP contribution is 2.28. The number of hydrogen-bond acceptors (Lipinski definition) is 1. The molecule has 1 nitrogen and oxygen atoms in total. The first kappa shape index (κ1) is 14.7. The van der Waals surface area contributed by atoms with Gasteiger partial charge in [0.2, 0.25) is 0 Å². The molecule has 0 aliphatic carbocycles. The van der Waals surface area contributed by atoms with Crippen LogP contribution in [-0.4, -0.2) is 0 Å². The lowest BCUT2D eigenvalue weighted by Crippen LogP contribution is -2.11. The molecule has 0 aliphatic heterocycles. The van der Waals surface area contributed by atoms with Crippen molar-refractivity contribution in [1.82, 2.24) is 0 Å². The van der Waals surface area contributed by atoms with Gasteiger partial charge in [0.25, 0.3) is 0 Å². The smallest absolute Gasteiger partial charge is 0.0514 e. The number of nitrogens with one attached hydrogen (secondary N) is 1. The van der Waals surface area contributed by atoms with Gasteiger partial charge in [0.15, 0.2) is 0 Å². The predicted molar refractivity (Wildman–Crippen MR) is 91.9 cm³/mol. The normalized spacial score (nSPS) is 12.2. The van der Waals surface area contributed by atoms with Crippen molar-refractivity contribution in [3.05, 3.63) is 62.7 Å². The van der Waals surface area contributed by atoms with E-state index < -0.39 is 0 Å². The van der Waals surface area contributed by atoms with Crippen LogP contribution in [0.15, 0.2) is 48.5 Å². The summed E-state index contributed by atoms with van der Waals surface area (Å²) in [5, 5.41) is 4.40. The molecule has 1 atom stereocenters. The third kappa shape index (κ3) is 4.11. The molecule has 0 saturated carbocycles. The number of benzene rings is 2. The van der Waals surface area contributed by atoms with Gasteiger partial charge >= 0.3 is 0 Å². The summed E-state index contributed by atoms with van der Waals surface area (Å²) in [7, 11) is 0. The van der Waals surface area contributed by atoms with Crippen molar-refractivity contribution < 1.29 is 0 Å². The first-order valence-corrected chi connectivity index (χ1v) is 7.93. The molecule has 3 heteroatoms. The van der Waals surface area contributed by atoms with Gasteiger partial charge in [0, 0.05) is 14.3 Å². The number of hydrogen-bond donors (Lipinski definition) is 1. The molecule has 0 heterocycles. The molecule has 0 saturated heterocycles. The first-order chi connectivity index (χ1) is 9.20. The van der Waals surface area contributed by atoms with Crippen LogP contribution in [0.4, 0.5) is 5.69 Å². The lowest BCUT2D eigenvalue weighted by Gasteiger charge is -2.21. The van der Waals surface area contributed by atoms with Crippen molar-refractivity contribution in [2.45, 2.75) is 25.8 Å². The molecular weight excluding hydrogens is 369 g/mol. The van der Waals surface area contributed by atoms with E-state index in [2.05, 4.69) is 71.2 Å². The Morgan fingerprint density at radius 2 is 1.89 bits per heavy atom. The fraction of sp³-hybridized carbons (Fsp3) is 0.250. The summed E-state index contributed by atoms with van der Waals surface area (Å²) in [6.45, 7) is 2.21. The summed E-state index contributed by atoms with van der Waals surface area (Å²) in [6, 6.07) is 16.9. The van der Waals surface area contributed by atoms with Crippen LogP contribution < -0.4 is 5.32 Å². The fourth-order valence-electron chi connectivity index (χ4n) is 2.09. The molecule has 0 aliphatic rings. The molecule has 1 N–H and O–H groups in total. The summed E-state index contributed by atoms with van der Waals surface area (Å²) < 4.78 is 1.15. The minimum atomic E-state index is 0.348. The van der Waals surface area contributed by atoms with Crippen molar-refractivity contribution >= 4 is 39.9 Å². The molecule has 2 aromatic carbocycles. The van der Waals surface area contributed by atoms with E-state index in [1.165, 1.54) is 5.56 Å². The highest BCUT2D eigenvalue weighted by Gasteiger charge is 2.11. The van der Waals surface area contributed by atoms with Crippen LogP contribution in [0.1, 0.15) is 31.4 Å². The summed E-state index contributed by atoms with van der Waals surface area (Å²) in [6.07, 6.45) is 2.26. The van der Waals surface area contributed by atoms with Crippen LogP contribution in [0.5, 0.6) is 0 Å². The Morgan fingerprint density at radius 3 is 2.53 bits per heavy atom. The maximum atomic E-state index is 6.00. The fourth-order valence-corrected chi connectivity index (χ4v) is 3.12. The molecule has 0 aromatic heterocycles. The Kier molecular flexibility index (Phi) is 5.52. The van der Waals surface area contributed by atoms with Gasteiger partial charge < -0.3 is 5.32 Å². The van der Waals surface area contributed by atoms with Crippen LogP contribution in [0, 0.1) is 3.57 Å². The largest absolute Gasteiger partial charge is 0.377 e. The van der Waals surface area contributed by atoms with Crippen molar-refractivity contribution in [1.29, 1.82) is 0 Å². The molecule has 100 valence electrons. The lowest BCUT2D eigenvalue weighted by molar-refractivity contribution is 0.677. The Balaban J connectivity index is 2.21. The Hall–Kier alpha value is -0.740. The van der Waals surface area contributed by atoms with Crippen molar-refractivity contribution in [2.24, 2.45) is 0 Å². The zero-order valence-electron chi connectivity index (χ0n) is 10.9. The van der Waals surface area contributed by atoms with E-state index in [0.717, 1.165) is 27.1 Å². The Labute approximate surface area is 133 Å². The number of rotatable bonds is 5. The Morgan fingerprint density at radius 1 is 1.16 bits per heavy atom. The van der Waals surface area contributed by atoms with Crippen molar-refractivity contribution in [2.75, 3.05) is 5.32 Å². The van der Waals surface area contributed by atoms with Crippen LogP contribution in [0.3, 0.4) is 0 Å². The van der Waals surface area contributed by atoms with E-state index in [4.69, 9.17) is 11.6 Å². The van der Waals surface area contributed by atoms with Gasteiger partial charge in [0.1, 0.15) is 0 Å². The summed E-state index contributed by atoms with van der Waals surface area (Å²) in [4.78, 5) is 0. The average molecular weight is 386 g/mol. The Bertz CT molecular complexity index is 528. The highest BCUT2D eigenvalue weighted by atomic mass is 127. The van der Waals surface area contributed by atoms with Gasteiger partial charge in [-0.05, 0) is 52.8 Å². The summed E-state index contributed by atoms with van der Waals surface area (Å²) >= 11 is 8.32. The van der Waals surface area contributed by atoms with Gasteiger partial charge in [0.05, 0.1) is 6.04 Å². The summed E-state index contributed by atoms with van der Waals surface area (Å²) in [5.74, 6) is 0. The van der Waals surface area contributed by atoms with Gasteiger partial charge in [-0.25, -0.2) is 0 Å². The van der Waals surface area contributed by atoms with E-state index in [1.54, 1.807) is 0 Å². The molecule has 0 bridgehead atoms. The molecule has 2 aromatic rings. The first-order valence-electron chi connectivity index (χ1n) is 6.47. The molecule has 19 heavy (non-hydrogen) atoms. The van der Waals surface area contributed by atoms with Crippen molar-refractivity contribution in [3.63, 3.8) is 0 Å². The second-order valence-corrected chi connectivity index (χ2v) is 6.12. The van der Waals surface area contributed by atoms with E-state index in [0.29, 0.717) is 6.04 Å². The minimum Gasteiger partial charge on any atom is -0.377 e. The van der Waals surface area contributed by atoms with Gasteiger partial charge in [-0.2, -0.15) is 0 Å². The van der Waals surface area contributed by atoms with Crippen molar-refractivity contribution in [3.8, 4) is 0 Å². The topological polar surface area (TPSA) is 12.0 Å². The summed E-state index contributed by atoms with van der Waals surface area (Å²) in [5.41, 5.74) is 2.47. The SMILES string of the molecule is CCCC(Nc1ccc(Cl)cc1I)c1ccccc1. The molecule has 2 rings (SSSR count). The quantitative estimate of drug-likeness (QED) is 0.632. The van der Waals surface area contributed by atoms with Gasteiger partial charge in [-0.1, -0.05) is 55.3 Å². The van der Waals surface area contributed by atoms with Crippen LogP contribution in [0.2, 0.25) is 5.02 Å². The maximum Gasteiger partial charge on any atom is 0.0514 e. The van der Waals surface area contributed by atoms with Crippen LogP contribution in [0.25, 0.3) is 0 Å². The van der Waals surface area contributed by atoms with Gasteiger partial charge in [-0.15, -0.1) is 0 Å². The maximum absolute atomic E-state index is 6.00. The number of halogens is 2. The van der Waals surface area contributed by atoms with E-state index >= 15 is 0 Å². The third-order valence-corrected chi connectivity index (χ3v) is 4.17. The molecule has 0 spiro atoms. The van der Waals surface area contributed by atoms with Crippen LogP contribution in [-0.2, 0) is 0 Å². The molecular formula is C16H17ClIN. The predicted octanol–water partition coefficient (Wildman–Crippen LogP) is 5.90. The lowest BCUT2D eigenvalue weighted by atomic mass is 10.0. The third-order valence-electron chi connectivity index (χ3n) is 3.04. The monoisotopic (exact) mass is 385 g/mol. The van der Waals surface area contributed by atoms with E-state index in [-0.39, 0.29) is 0 Å². The van der Waals surface area contributed by atoms with E-state index in [1.807, 2.05) is 12.1 Å². The molecule has 1 unspecified atom stereocenters. The highest BCUT2D eigenvalue weighted by molar-refractivity contribution is 14.1. The second kappa shape index (κ2) is 7.15. The number of anilines is 1. The minimum absolute atomic E-state index is 0.348.